The highest BCUT2D eigenvalue weighted by molar-refractivity contribution is 5.25. The molecular formula is C17H25FO. The van der Waals surface area contributed by atoms with Gasteiger partial charge in [-0.3, -0.25) is 0 Å². The van der Waals surface area contributed by atoms with Crippen LogP contribution in [0.4, 0.5) is 4.39 Å². The maximum Gasteiger partial charge on any atom is 0.129 e. The van der Waals surface area contributed by atoms with E-state index >= 15 is 0 Å². The predicted octanol–water partition coefficient (Wildman–Crippen LogP) is 4.64. The normalized spacial score (nSPS) is 28.4. The van der Waals surface area contributed by atoms with Crippen LogP contribution in [0.3, 0.4) is 0 Å². The predicted molar refractivity (Wildman–Crippen MR) is 76.3 cm³/mol. The zero-order valence-electron chi connectivity index (χ0n) is 12.2. The van der Waals surface area contributed by atoms with Gasteiger partial charge in [0.15, 0.2) is 0 Å². The number of aliphatic hydroxyl groups is 1. The van der Waals surface area contributed by atoms with Gasteiger partial charge in [0.2, 0.25) is 0 Å². The molecule has 0 bridgehead atoms. The van der Waals surface area contributed by atoms with E-state index in [4.69, 9.17) is 0 Å². The van der Waals surface area contributed by atoms with Crippen molar-refractivity contribution in [1.82, 2.24) is 0 Å². The van der Waals surface area contributed by atoms with Gasteiger partial charge in [0.1, 0.15) is 5.82 Å². The number of hydrogen-bond donors (Lipinski definition) is 1. The van der Waals surface area contributed by atoms with Crippen LogP contribution in [0.15, 0.2) is 24.3 Å². The molecule has 0 heterocycles. The fourth-order valence-corrected chi connectivity index (χ4v) is 3.27. The molecular weight excluding hydrogens is 239 g/mol. The van der Waals surface area contributed by atoms with E-state index in [-0.39, 0.29) is 5.82 Å². The van der Waals surface area contributed by atoms with Gasteiger partial charge in [-0.1, -0.05) is 45.4 Å². The van der Waals surface area contributed by atoms with Gasteiger partial charge in [-0.25, -0.2) is 4.39 Å². The van der Waals surface area contributed by atoms with Gasteiger partial charge in [-0.05, 0) is 43.1 Å². The lowest BCUT2D eigenvalue weighted by Gasteiger charge is -2.42. The third kappa shape index (κ3) is 2.84. The minimum atomic E-state index is -0.967. The Morgan fingerprint density at radius 2 is 1.84 bits per heavy atom. The Morgan fingerprint density at radius 1 is 1.26 bits per heavy atom. The maximum absolute atomic E-state index is 13.9. The molecule has 19 heavy (non-hydrogen) atoms. The summed E-state index contributed by atoms with van der Waals surface area (Å²) in [5.41, 5.74) is -0.176. The molecule has 0 saturated heterocycles. The lowest BCUT2D eigenvalue weighted by Crippen LogP contribution is -2.36. The molecule has 1 nitrogen and oxygen atoms in total. The van der Waals surface area contributed by atoms with Crippen LogP contribution in [0.2, 0.25) is 0 Å². The summed E-state index contributed by atoms with van der Waals surface area (Å²) in [5.74, 6) is 0.350. The van der Waals surface area contributed by atoms with Crippen LogP contribution >= 0.6 is 0 Å². The Morgan fingerprint density at radius 3 is 2.37 bits per heavy atom. The molecule has 0 aliphatic heterocycles. The van der Waals surface area contributed by atoms with E-state index in [0.29, 0.717) is 29.7 Å². The summed E-state index contributed by atoms with van der Waals surface area (Å²) in [6.07, 6.45) is 4.44. The molecule has 0 radical (unpaired) electrons. The van der Waals surface area contributed by atoms with E-state index in [0.717, 1.165) is 19.3 Å². The molecule has 1 aliphatic carbocycles. The first-order chi connectivity index (χ1) is 8.89. The molecule has 0 unspecified atom stereocenters. The number of rotatable bonds is 3. The molecule has 0 atom stereocenters. The Hall–Kier alpha value is -0.890. The van der Waals surface area contributed by atoms with Crippen molar-refractivity contribution in [3.63, 3.8) is 0 Å². The summed E-state index contributed by atoms with van der Waals surface area (Å²) in [5, 5.41) is 10.7. The van der Waals surface area contributed by atoms with Crippen LogP contribution in [0, 0.1) is 17.2 Å². The second-order valence-corrected chi connectivity index (χ2v) is 6.63. The summed E-state index contributed by atoms with van der Waals surface area (Å²) in [6.45, 7) is 6.81. The smallest absolute Gasteiger partial charge is 0.129 e. The van der Waals surface area contributed by atoms with Crippen molar-refractivity contribution in [2.24, 2.45) is 11.3 Å². The molecule has 2 rings (SSSR count). The topological polar surface area (TPSA) is 20.2 Å². The summed E-state index contributed by atoms with van der Waals surface area (Å²) in [7, 11) is 0. The van der Waals surface area contributed by atoms with Crippen molar-refractivity contribution in [1.29, 1.82) is 0 Å². The Labute approximate surface area is 115 Å². The van der Waals surface area contributed by atoms with Crippen LogP contribution in [0.25, 0.3) is 0 Å². The van der Waals surface area contributed by atoms with E-state index in [1.54, 1.807) is 18.2 Å². The molecule has 2 heteroatoms. The number of hydrogen-bond acceptors (Lipinski definition) is 1. The van der Waals surface area contributed by atoms with Crippen LogP contribution in [-0.2, 0) is 5.60 Å². The van der Waals surface area contributed by atoms with E-state index in [1.165, 1.54) is 6.07 Å². The van der Waals surface area contributed by atoms with Crippen molar-refractivity contribution in [2.45, 2.75) is 58.5 Å². The second kappa shape index (κ2) is 5.24. The van der Waals surface area contributed by atoms with Crippen molar-refractivity contribution < 1.29 is 9.50 Å². The van der Waals surface area contributed by atoms with E-state index in [1.807, 2.05) is 0 Å². The summed E-state index contributed by atoms with van der Waals surface area (Å²) in [4.78, 5) is 0. The van der Waals surface area contributed by atoms with Gasteiger partial charge in [0, 0.05) is 5.56 Å². The lowest BCUT2D eigenvalue weighted by atomic mass is 9.65. The molecule has 1 aromatic carbocycles. The van der Waals surface area contributed by atoms with E-state index in [2.05, 4.69) is 20.8 Å². The van der Waals surface area contributed by atoms with Crippen LogP contribution in [0.5, 0.6) is 0 Å². The first-order valence-electron chi connectivity index (χ1n) is 7.36. The molecule has 1 fully saturated rings. The first kappa shape index (κ1) is 14.5. The molecule has 0 aromatic heterocycles. The fourth-order valence-electron chi connectivity index (χ4n) is 3.27. The summed E-state index contributed by atoms with van der Waals surface area (Å²) < 4.78 is 13.9. The van der Waals surface area contributed by atoms with E-state index < -0.39 is 5.60 Å². The van der Waals surface area contributed by atoms with Gasteiger partial charge in [-0.2, -0.15) is 0 Å². The van der Waals surface area contributed by atoms with Crippen LogP contribution < -0.4 is 0 Å². The van der Waals surface area contributed by atoms with Crippen molar-refractivity contribution in [3.8, 4) is 0 Å². The average molecular weight is 264 g/mol. The molecule has 1 aliphatic rings. The fraction of sp³-hybridized carbons (Fsp3) is 0.647. The highest BCUT2D eigenvalue weighted by Gasteiger charge is 2.40. The molecule has 1 saturated carbocycles. The zero-order valence-corrected chi connectivity index (χ0v) is 12.2. The second-order valence-electron chi connectivity index (χ2n) is 6.63. The largest absolute Gasteiger partial charge is 0.385 e. The number of benzene rings is 1. The molecule has 0 spiro atoms. The Bertz CT molecular complexity index is 431. The third-order valence-electron chi connectivity index (χ3n) is 5.20. The average Bonchev–Trinajstić information content (AvgIpc) is 2.39. The Balaban J connectivity index is 2.13. The quantitative estimate of drug-likeness (QED) is 0.843. The molecule has 0 amide bonds. The lowest BCUT2D eigenvalue weighted by molar-refractivity contribution is -0.0352. The monoisotopic (exact) mass is 264 g/mol. The van der Waals surface area contributed by atoms with Gasteiger partial charge in [0.25, 0.3) is 0 Å². The maximum atomic E-state index is 13.9. The van der Waals surface area contributed by atoms with Crippen molar-refractivity contribution in [3.05, 3.63) is 35.6 Å². The van der Waals surface area contributed by atoms with Gasteiger partial charge in [0.05, 0.1) is 5.60 Å². The molecule has 1 N–H and O–H groups in total. The summed E-state index contributed by atoms with van der Waals surface area (Å²) >= 11 is 0. The van der Waals surface area contributed by atoms with Crippen molar-refractivity contribution >= 4 is 0 Å². The van der Waals surface area contributed by atoms with E-state index in [9.17, 15) is 9.50 Å². The van der Waals surface area contributed by atoms with Gasteiger partial charge >= 0.3 is 0 Å². The highest BCUT2D eigenvalue weighted by atomic mass is 19.1. The highest BCUT2D eigenvalue weighted by Crippen LogP contribution is 2.47. The van der Waals surface area contributed by atoms with Gasteiger partial charge < -0.3 is 5.11 Å². The van der Waals surface area contributed by atoms with Crippen LogP contribution in [-0.4, -0.2) is 5.11 Å². The minimum Gasteiger partial charge on any atom is -0.385 e. The van der Waals surface area contributed by atoms with Gasteiger partial charge in [-0.15, -0.1) is 0 Å². The third-order valence-corrected chi connectivity index (χ3v) is 5.20. The zero-order chi connectivity index (χ0) is 14.1. The molecule has 106 valence electrons. The standard InChI is InChI=1S/C17H25FO/c1-4-16(2,3)13-9-11-17(19,12-10-13)14-7-5-6-8-15(14)18/h5-8,13,19H,4,9-12H2,1-3H3. The van der Waals surface area contributed by atoms with Crippen molar-refractivity contribution in [2.75, 3.05) is 0 Å². The summed E-state index contributed by atoms with van der Waals surface area (Å²) in [6, 6.07) is 6.64. The molecule has 1 aromatic rings. The first-order valence-corrected chi connectivity index (χ1v) is 7.36. The minimum absolute atomic E-state index is 0.279. The SMILES string of the molecule is CCC(C)(C)C1CCC(O)(c2ccccc2F)CC1. The van der Waals surface area contributed by atoms with Crippen LogP contribution in [0.1, 0.15) is 58.4 Å². The Kier molecular flexibility index (Phi) is 4.00. The number of halogens is 1.